The molecule has 0 aliphatic rings. The summed E-state index contributed by atoms with van der Waals surface area (Å²) in [6.07, 6.45) is 0.615. The first-order valence-electron chi connectivity index (χ1n) is 5.53. The average molecular weight is 247 g/mol. The van der Waals surface area contributed by atoms with Crippen LogP contribution in [0.1, 0.15) is 17.8 Å². The molecule has 2 rings (SSSR count). The summed E-state index contributed by atoms with van der Waals surface area (Å²) in [6, 6.07) is 9.67. The monoisotopic (exact) mass is 247 g/mol. The number of aryl methyl sites for hydroxylation is 1. The molecule has 94 valence electrons. The molecule has 2 aromatic rings. The lowest BCUT2D eigenvalue weighted by atomic mass is 10.2. The fraction of sp³-hybridized carbons (Fsp3) is 0.273. The van der Waals surface area contributed by atoms with Crippen LogP contribution < -0.4 is 5.48 Å². The van der Waals surface area contributed by atoms with Gasteiger partial charge in [0.15, 0.2) is 5.82 Å². The van der Waals surface area contributed by atoms with Crippen molar-refractivity contribution in [2.75, 3.05) is 0 Å². The van der Waals surface area contributed by atoms with Crippen LogP contribution in [-0.2, 0) is 22.6 Å². The molecule has 0 saturated carbocycles. The van der Waals surface area contributed by atoms with Gasteiger partial charge in [-0.1, -0.05) is 35.5 Å². The standard InChI is InChI=1S/C11H13N5O2/c17-11(7-6-10-13-15-16-14-10)18-12-8-9-4-2-1-3-5-9/h1-5,12H,6-8H2,(H,13,14,15,16). The zero-order chi connectivity index (χ0) is 12.6. The minimum atomic E-state index is -0.351. The summed E-state index contributed by atoms with van der Waals surface area (Å²) < 4.78 is 0. The Morgan fingerprint density at radius 3 is 2.89 bits per heavy atom. The maximum absolute atomic E-state index is 11.4. The van der Waals surface area contributed by atoms with Crippen LogP contribution in [0, 0.1) is 0 Å². The summed E-state index contributed by atoms with van der Waals surface area (Å²) in [5.41, 5.74) is 3.66. The third kappa shape index (κ3) is 3.95. The highest BCUT2D eigenvalue weighted by molar-refractivity contribution is 5.69. The number of aromatic nitrogens is 4. The van der Waals surface area contributed by atoms with Gasteiger partial charge in [0.05, 0.1) is 13.0 Å². The predicted octanol–water partition coefficient (Wildman–Crippen LogP) is 0.380. The van der Waals surface area contributed by atoms with E-state index in [1.807, 2.05) is 30.3 Å². The number of nitrogens with one attached hydrogen (secondary N) is 2. The van der Waals surface area contributed by atoms with E-state index < -0.39 is 0 Å². The lowest BCUT2D eigenvalue weighted by Gasteiger charge is -2.04. The summed E-state index contributed by atoms with van der Waals surface area (Å²) in [5, 5.41) is 13.2. The Morgan fingerprint density at radius 2 is 2.17 bits per heavy atom. The Labute approximate surface area is 104 Å². The van der Waals surface area contributed by atoms with Gasteiger partial charge in [-0.25, -0.2) is 0 Å². The fourth-order valence-electron chi connectivity index (χ4n) is 1.35. The minimum absolute atomic E-state index is 0.210. The van der Waals surface area contributed by atoms with Crippen molar-refractivity contribution < 1.29 is 9.63 Å². The summed E-state index contributed by atoms with van der Waals surface area (Å²) >= 11 is 0. The van der Waals surface area contributed by atoms with Crippen LogP contribution in [0.2, 0.25) is 0 Å². The first kappa shape index (κ1) is 12.2. The van der Waals surface area contributed by atoms with Gasteiger partial charge in [0.2, 0.25) is 0 Å². The molecule has 0 amide bonds. The van der Waals surface area contributed by atoms with Crippen LogP contribution in [0.25, 0.3) is 0 Å². The SMILES string of the molecule is O=C(CCc1nn[nH]n1)ONCc1ccccc1. The van der Waals surface area contributed by atoms with Crippen LogP contribution >= 0.6 is 0 Å². The predicted molar refractivity (Wildman–Crippen MR) is 61.9 cm³/mol. The van der Waals surface area contributed by atoms with Gasteiger partial charge in [-0.05, 0) is 5.56 Å². The molecule has 0 bridgehead atoms. The number of tetrazole rings is 1. The Morgan fingerprint density at radius 1 is 1.33 bits per heavy atom. The summed E-state index contributed by atoms with van der Waals surface area (Å²) in [5.74, 6) is 0.144. The van der Waals surface area contributed by atoms with E-state index in [1.165, 1.54) is 0 Å². The molecule has 7 heteroatoms. The van der Waals surface area contributed by atoms with Crippen LogP contribution in [0.3, 0.4) is 0 Å². The smallest absolute Gasteiger partial charge is 0.325 e. The molecule has 0 spiro atoms. The normalized spacial score (nSPS) is 10.2. The van der Waals surface area contributed by atoms with Crippen molar-refractivity contribution in [3.63, 3.8) is 0 Å². The topological polar surface area (TPSA) is 92.8 Å². The van der Waals surface area contributed by atoms with E-state index in [9.17, 15) is 4.79 Å². The van der Waals surface area contributed by atoms with Gasteiger partial charge in [0.25, 0.3) is 0 Å². The molecular formula is C11H13N5O2. The highest BCUT2D eigenvalue weighted by atomic mass is 16.7. The van der Waals surface area contributed by atoms with E-state index in [-0.39, 0.29) is 12.4 Å². The molecule has 0 saturated heterocycles. The van der Waals surface area contributed by atoms with Gasteiger partial charge in [-0.2, -0.15) is 5.21 Å². The molecule has 2 N–H and O–H groups in total. The fourth-order valence-corrected chi connectivity index (χ4v) is 1.35. The summed E-state index contributed by atoms with van der Waals surface area (Å²) in [4.78, 5) is 16.2. The molecule has 0 unspecified atom stereocenters. The molecule has 0 radical (unpaired) electrons. The quantitative estimate of drug-likeness (QED) is 0.717. The van der Waals surface area contributed by atoms with Gasteiger partial charge in [-0.3, -0.25) is 4.79 Å². The molecule has 0 aliphatic heterocycles. The van der Waals surface area contributed by atoms with Gasteiger partial charge in [-0.15, -0.1) is 15.7 Å². The van der Waals surface area contributed by atoms with Crippen molar-refractivity contribution in [1.29, 1.82) is 0 Å². The Balaban J connectivity index is 1.63. The molecule has 0 aliphatic carbocycles. The number of H-pyrrole nitrogens is 1. The molecule has 0 fully saturated rings. The summed E-state index contributed by atoms with van der Waals surface area (Å²) in [7, 11) is 0. The number of hydrogen-bond acceptors (Lipinski definition) is 6. The molecular weight excluding hydrogens is 234 g/mol. The second-order valence-corrected chi connectivity index (χ2v) is 3.61. The number of hydrogen-bond donors (Lipinski definition) is 2. The van der Waals surface area contributed by atoms with Crippen LogP contribution in [-0.4, -0.2) is 26.6 Å². The minimum Gasteiger partial charge on any atom is -0.370 e. The van der Waals surface area contributed by atoms with E-state index in [0.29, 0.717) is 18.8 Å². The molecule has 1 heterocycles. The number of carbonyl (C=O) groups is 1. The lowest BCUT2D eigenvalue weighted by molar-refractivity contribution is -0.151. The van der Waals surface area contributed by atoms with E-state index in [0.717, 1.165) is 5.56 Å². The number of hydroxylamine groups is 1. The maximum Gasteiger partial charge on any atom is 0.325 e. The number of benzene rings is 1. The highest BCUT2D eigenvalue weighted by Gasteiger charge is 2.06. The Kier molecular flexibility index (Phi) is 4.37. The first-order valence-corrected chi connectivity index (χ1v) is 5.53. The Hall–Kier alpha value is -2.28. The van der Waals surface area contributed by atoms with E-state index in [1.54, 1.807) is 0 Å². The van der Waals surface area contributed by atoms with Crippen molar-refractivity contribution >= 4 is 5.97 Å². The third-order valence-electron chi connectivity index (χ3n) is 2.25. The number of nitrogens with zero attached hydrogens (tertiary/aromatic N) is 3. The van der Waals surface area contributed by atoms with E-state index in [4.69, 9.17) is 4.84 Å². The zero-order valence-corrected chi connectivity index (χ0v) is 9.67. The van der Waals surface area contributed by atoms with Crippen molar-refractivity contribution in [3.8, 4) is 0 Å². The number of rotatable bonds is 6. The van der Waals surface area contributed by atoms with Crippen molar-refractivity contribution in [2.45, 2.75) is 19.4 Å². The number of aromatic amines is 1. The molecule has 1 aromatic heterocycles. The van der Waals surface area contributed by atoms with E-state index in [2.05, 4.69) is 26.1 Å². The molecule has 1 aromatic carbocycles. The third-order valence-corrected chi connectivity index (χ3v) is 2.25. The first-order chi connectivity index (χ1) is 8.84. The van der Waals surface area contributed by atoms with Gasteiger partial charge in [0, 0.05) is 6.42 Å². The second-order valence-electron chi connectivity index (χ2n) is 3.61. The van der Waals surface area contributed by atoms with Crippen LogP contribution in [0.15, 0.2) is 30.3 Å². The Bertz CT molecular complexity index is 471. The summed E-state index contributed by atoms with van der Waals surface area (Å²) in [6.45, 7) is 0.481. The molecule has 7 nitrogen and oxygen atoms in total. The maximum atomic E-state index is 11.4. The van der Waals surface area contributed by atoms with Gasteiger partial charge in [0.1, 0.15) is 0 Å². The molecule has 18 heavy (non-hydrogen) atoms. The number of carbonyl (C=O) groups excluding carboxylic acids is 1. The van der Waals surface area contributed by atoms with Crippen molar-refractivity contribution in [2.24, 2.45) is 0 Å². The van der Waals surface area contributed by atoms with Crippen molar-refractivity contribution in [1.82, 2.24) is 26.1 Å². The lowest BCUT2D eigenvalue weighted by Crippen LogP contribution is -2.19. The average Bonchev–Trinajstić information content (AvgIpc) is 2.91. The largest absolute Gasteiger partial charge is 0.370 e. The highest BCUT2D eigenvalue weighted by Crippen LogP contribution is 1.98. The molecule has 0 atom stereocenters. The van der Waals surface area contributed by atoms with Gasteiger partial charge < -0.3 is 4.84 Å². The van der Waals surface area contributed by atoms with Crippen molar-refractivity contribution in [3.05, 3.63) is 41.7 Å². The van der Waals surface area contributed by atoms with Crippen LogP contribution in [0.4, 0.5) is 0 Å². The van der Waals surface area contributed by atoms with Gasteiger partial charge >= 0.3 is 5.97 Å². The second kappa shape index (κ2) is 6.45. The zero-order valence-electron chi connectivity index (χ0n) is 9.67. The van der Waals surface area contributed by atoms with E-state index >= 15 is 0 Å². The van der Waals surface area contributed by atoms with Crippen LogP contribution in [0.5, 0.6) is 0 Å².